The maximum atomic E-state index is 13.6. The van der Waals surface area contributed by atoms with Crippen LogP contribution in [0, 0.1) is 19.7 Å². The number of aryl methyl sites for hydroxylation is 2. The van der Waals surface area contributed by atoms with Crippen LogP contribution in [-0.4, -0.2) is 12.4 Å². The highest BCUT2D eigenvalue weighted by Gasteiger charge is 2.09. The largest absolute Gasteiger partial charge is 0.485 e. The fourth-order valence-corrected chi connectivity index (χ4v) is 2.64. The number of carbonyl (C=O) groups is 1. The predicted molar refractivity (Wildman–Crippen MR) is 101 cm³/mol. The van der Waals surface area contributed by atoms with Crippen molar-refractivity contribution in [3.8, 4) is 5.75 Å². The molecule has 0 aliphatic carbocycles. The fraction of sp³-hybridized carbons (Fsp3) is 0.174. The van der Waals surface area contributed by atoms with E-state index in [0.717, 1.165) is 6.42 Å². The summed E-state index contributed by atoms with van der Waals surface area (Å²) in [6.07, 6.45) is 0.849. The molecule has 3 rings (SSSR count). The number of ether oxygens (including phenoxy) is 1. The Morgan fingerprint density at radius 3 is 2.12 bits per heavy atom. The minimum Gasteiger partial charge on any atom is -0.485 e. The average molecular weight is 348 g/mol. The van der Waals surface area contributed by atoms with Crippen LogP contribution in [0.1, 0.15) is 32.6 Å². The predicted octanol–water partition coefficient (Wildman–Crippen LogP) is 5.30. The van der Waals surface area contributed by atoms with E-state index < -0.39 is 0 Å². The third kappa shape index (κ3) is 4.57. The fourth-order valence-electron chi connectivity index (χ4n) is 2.64. The molecule has 132 valence electrons. The van der Waals surface area contributed by atoms with Gasteiger partial charge in [-0.2, -0.15) is 0 Å². The molecule has 3 aromatic carbocycles. The number of carbonyl (C=O) groups excluding carboxylic acids is 1. The van der Waals surface area contributed by atoms with E-state index in [1.807, 2.05) is 24.3 Å². The first-order valence-corrected chi connectivity index (χ1v) is 8.58. The highest BCUT2D eigenvalue weighted by molar-refractivity contribution is 5.97. The number of ketones is 1. The molecule has 0 unspecified atom stereocenters. The van der Waals surface area contributed by atoms with Gasteiger partial charge in [0.15, 0.2) is 12.4 Å². The minimum absolute atomic E-state index is 0.111. The zero-order valence-corrected chi connectivity index (χ0v) is 15.0. The van der Waals surface area contributed by atoms with E-state index >= 15 is 0 Å². The Bertz CT molecular complexity index is 896. The molecule has 0 aliphatic heterocycles. The molecule has 0 aliphatic rings. The Kier molecular flexibility index (Phi) is 5.47. The second kappa shape index (κ2) is 7.96. The third-order valence-corrected chi connectivity index (χ3v) is 4.32. The molecule has 0 saturated carbocycles. The van der Waals surface area contributed by atoms with Crippen molar-refractivity contribution in [2.45, 2.75) is 20.3 Å². The standard InChI is InChI=1S/C23H21FO2/c1-16-3-6-18(7-4-16)13-19-8-11-21(12-9-19)26-15-23(25)20-10-5-17(2)22(24)14-20/h3-12,14H,13,15H2,1-2H3. The second-order valence-corrected chi connectivity index (χ2v) is 6.48. The Morgan fingerprint density at radius 1 is 0.885 bits per heavy atom. The molecule has 3 heteroatoms. The summed E-state index contributed by atoms with van der Waals surface area (Å²) in [5, 5.41) is 0. The maximum absolute atomic E-state index is 13.6. The molecule has 2 nitrogen and oxygen atoms in total. The third-order valence-electron chi connectivity index (χ3n) is 4.32. The lowest BCUT2D eigenvalue weighted by molar-refractivity contribution is 0.0921. The highest BCUT2D eigenvalue weighted by Crippen LogP contribution is 2.17. The quantitative estimate of drug-likeness (QED) is 0.565. The summed E-state index contributed by atoms with van der Waals surface area (Å²) in [5.74, 6) is 0.00234. The van der Waals surface area contributed by atoms with E-state index in [9.17, 15) is 9.18 Å². The number of halogens is 1. The van der Waals surface area contributed by atoms with Crippen LogP contribution >= 0.6 is 0 Å². The molecule has 0 bridgehead atoms. The summed E-state index contributed by atoms with van der Waals surface area (Å²) in [5.41, 5.74) is 4.51. The van der Waals surface area contributed by atoms with Crippen molar-refractivity contribution in [3.05, 3.63) is 100 Å². The Morgan fingerprint density at radius 2 is 1.50 bits per heavy atom. The topological polar surface area (TPSA) is 26.3 Å². The van der Waals surface area contributed by atoms with E-state index in [0.29, 0.717) is 16.9 Å². The summed E-state index contributed by atoms with van der Waals surface area (Å²) in [6.45, 7) is 3.63. The van der Waals surface area contributed by atoms with Gasteiger partial charge in [0, 0.05) is 5.56 Å². The lowest BCUT2D eigenvalue weighted by Crippen LogP contribution is -2.12. The first-order chi connectivity index (χ1) is 12.5. The molecule has 26 heavy (non-hydrogen) atoms. The molecule has 0 N–H and O–H groups in total. The first-order valence-electron chi connectivity index (χ1n) is 8.58. The number of rotatable bonds is 6. The van der Waals surface area contributed by atoms with Crippen molar-refractivity contribution in [2.24, 2.45) is 0 Å². The summed E-state index contributed by atoms with van der Waals surface area (Å²) < 4.78 is 19.1. The second-order valence-electron chi connectivity index (χ2n) is 6.48. The normalized spacial score (nSPS) is 10.6. The molecule has 0 heterocycles. The lowest BCUT2D eigenvalue weighted by atomic mass is 10.0. The van der Waals surface area contributed by atoms with E-state index in [-0.39, 0.29) is 18.2 Å². The summed E-state index contributed by atoms with van der Waals surface area (Å²) >= 11 is 0. The van der Waals surface area contributed by atoms with Crippen molar-refractivity contribution < 1.29 is 13.9 Å². The van der Waals surface area contributed by atoms with Gasteiger partial charge in [-0.1, -0.05) is 54.1 Å². The Hall–Kier alpha value is -2.94. The highest BCUT2D eigenvalue weighted by atomic mass is 19.1. The number of Topliss-reactive ketones (excluding diaryl/α,β-unsaturated/α-hetero) is 1. The van der Waals surface area contributed by atoms with Gasteiger partial charge in [0.05, 0.1) is 0 Å². The van der Waals surface area contributed by atoms with Crippen LogP contribution in [0.3, 0.4) is 0 Å². The van der Waals surface area contributed by atoms with Gasteiger partial charge >= 0.3 is 0 Å². The number of hydrogen-bond donors (Lipinski definition) is 0. The minimum atomic E-state index is -0.378. The zero-order valence-electron chi connectivity index (χ0n) is 15.0. The molecule has 0 atom stereocenters. The van der Waals surface area contributed by atoms with Crippen LogP contribution in [0.2, 0.25) is 0 Å². The van der Waals surface area contributed by atoms with Gasteiger partial charge in [-0.25, -0.2) is 4.39 Å². The number of benzene rings is 3. The van der Waals surface area contributed by atoms with Crippen molar-refractivity contribution in [1.82, 2.24) is 0 Å². The van der Waals surface area contributed by atoms with E-state index in [1.54, 1.807) is 19.1 Å². The van der Waals surface area contributed by atoms with Gasteiger partial charge in [-0.15, -0.1) is 0 Å². The lowest BCUT2D eigenvalue weighted by Gasteiger charge is -2.08. The van der Waals surface area contributed by atoms with Crippen LogP contribution < -0.4 is 4.74 Å². The van der Waals surface area contributed by atoms with Crippen molar-refractivity contribution in [2.75, 3.05) is 6.61 Å². The van der Waals surface area contributed by atoms with Crippen molar-refractivity contribution in [1.29, 1.82) is 0 Å². The Balaban J connectivity index is 1.57. The van der Waals surface area contributed by atoms with E-state index in [2.05, 4.69) is 31.2 Å². The molecular formula is C23H21FO2. The molecule has 0 radical (unpaired) electrons. The monoisotopic (exact) mass is 348 g/mol. The van der Waals surface area contributed by atoms with Gasteiger partial charge in [0.2, 0.25) is 0 Å². The Labute approximate surface area is 153 Å². The smallest absolute Gasteiger partial charge is 0.200 e. The van der Waals surface area contributed by atoms with Gasteiger partial charge in [0.25, 0.3) is 0 Å². The molecule has 0 saturated heterocycles. The van der Waals surface area contributed by atoms with Crippen molar-refractivity contribution >= 4 is 5.78 Å². The molecule has 0 amide bonds. The molecule has 3 aromatic rings. The summed E-state index contributed by atoms with van der Waals surface area (Å²) in [7, 11) is 0. The van der Waals surface area contributed by atoms with Gasteiger partial charge in [0.1, 0.15) is 11.6 Å². The summed E-state index contributed by atoms with van der Waals surface area (Å²) in [6, 6.07) is 20.6. The van der Waals surface area contributed by atoms with Crippen LogP contribution in [0.15, 0.2) is 66.7 Å². The van der Waals surface area contributed by atoms with Gasteiger partial charge in [-0.3, -0.25) is 4.79 Å². The summed E-state index contributed by atoms with van der Waals surface area (Å²) in [4.78, 5) is 12.1. The van der Waals surface area contributed by atoms with Crippen LogP contribution in [-0.2, 0) is 6.42 Å². The van der Waals surface area contributed by atoms with Crippen LogP contribution in [0.25, 0.3) is 0 Å². The van der Waals surface area contributed by atoms with Crippen LogP contribution in [0.4, 0.5) is 4.39 Å². The SMILES string of the molecule is Cc1ccc(Cc2ccc(OCC(=O)c3ccc(C)c(F)c3)cc2)cc1. The van der Waals surface area contributed by atoms with Crippen molar-refractivity contribution in [3.63, 3.8) is 0 Å². The van der Waals surface area contributed by atoms with E-state index in [1.165, 1.54) is 22.8 Å². The maximum Gasteiger partial charge on any atom is 0.200 e. The molecule has 0 fully saturated rings. The number of hydrogen-bond acceptors (Lipinski definition) is 2. The zero-order chi connectivity index (χ0) is 18.5. The molecule has 0 aromatic heterocycles. The van der Waals surface area contributed by atoms with E-state index in [4.69, 9.17) is 4.74 Å². The average Bonchev–Trinajstić information content (AvgIpc) is 2.65. The first kappa shape index (κ1) is 17.9. The van der Waals surface area contributed by atoms with Gasteiger partial charge < -0.3 is 4.74 Å². The molecule has 0 spiro atoms. The molecular weight excluding hydrogens is 327 g/mol. The van der Waals surface area contributed by atoms with Gasteiger partial charge in [-0.05, 0) is 55.2 Å². The van der Waals surface area contributed by atoms with Crippen LogP contribution in [0.5, 0.6) is 5.75 Å².